The fourth-order valence-electron chi connectivity index (χ4n) is 2.42. The standard InChI is InChI=1S/C14H21NO.ClH/c16-14-9-5-4-8-13(14)11-15-10-12-6-2-1-3-7-12;/h1-3,6-7,13-16H,4-5,8-11H2;1H. The average molecular weight is 256 g/mol. The van der Waals surface area contributed by atoms with E-state index in [2.05, 4.69) is 29.6 Å². The van der Waals surface area contributed by atoms with Gasteiger partial charge in [0.2, 0.25) is 0 Å². The van der Waals surface area contributed by atoms with Gasteiger partial charge in [0.1, 0.15) is 0 Å². The summed E-state index contributed by atoms with van der Waals surface area (Å²) in [6.07, 6.45) is 4.53. The first-order valence-corrected chi connectivity index (χ1v) is 6.29. The lowest BCUT2D eigenvalue weighted by Crippen LogP contribution is -2.33. The molecule has 0 aromatic heterocycles. The van der Waals surface area contributed by atoms with E-state index >= 15 is 0 Å². The first-order chi connectivity index (χ1) is 7.86. The molecule has 2 rings (SSSR count). The van der Waals surface area contributed by atoms with E-state index in [1.807, 2.05) is 6.07 Å². The van der Waals surface area contributed by atoms with Crippen LogP contribution in [0.4, 0.5) is 0 Å². The zero-order chi connectivity index (χ0) is 11.2. The molecule has 17 heavy (non-hydrogen) atoms. The number of aliphatic hydroxyl groups is 1. The predicted octanol–water partition coefficient (Wildman–Crippen LogP) is 2.75. The first kappa shape index (κ1) is 14.5. The van der Waals surface area contributed by atoms with Gasteiger partial charge in [-0.2, -0.15) is 0 Å². The highest BCUT2D eigenvalue weighted by atomic mass is 35.5. The van der Waals surface area contributed by atoms with Crippen molar-refractivity contribution < 1.29 is 5.11 Å². The van der Waals surface area contributed by atoms with Crippen LogP contribution in [0.5, 0.6) is 0 Å². The second-order valence-corrected chi connectivity index (χ2v) is 4.73. The predicted molar refractivity (Wildman–Crippen MR) is 73.4 cm³/mol. The lowest BCUT2D eigenvalue weighted by Gasteiger charge is -2.27. The molecule has 0 aliphatic heterocycles. The van der Waals surface area contributed by atoms with Crippen LogP contribution in [-0.4, -0.2) is 17.8 Å². The highest BCUT2D eigenvalue weighted by Gasteiger charge is 2.22. The fraction of sp³-hybridized carbons (Fsp3) is 0.571. The lowest BCUT2D eigenvalue weighted by atomic mass is 9.86. The third kappa shape index (κ3) is 4.66. The topological polar surface area (TPSA) is 32.3 Å². The molecule has 1 aliphatic rings. The molecule has 1 aliphatic carbocycles. The molecule has 2 atom stereocenters. The van der Waals surface area contributed by atoms with Gasteiger partial charge in [-0.3, -0.25) is 0 Å². The van der Waals surface area contributed by atoms with Gasteiger partial charge in [-0.25, -0.2) is 0 Å². The molecule has 1 fully saturated rings. The van der Waals surface area contributed by atoms with Crippen molar-refractivity contribution in [2.45, 2.75) is 38.3 Å². The highest BCUT2D eigenvalue weighted by molar-refractivity contribution is 5.85. The monoisotopic (exact) mass is 255 g/mol. The maximum atomic E-state index is 9.83. The Labute approximate surface area is 110 Å². The second kappa shape index (κ2) is 7.70. The van der Waals surface area contributed by atoms with Crippen LogP contribution in [-0.2, 0) is 6.54 Å². The summed E-state index contributed by atoms with van der Waals surface area (Å²) in [5.41, 5.74) is 1.31. The summed E-state index contributed by atoms with van der Waals surface area (Å²) in [5, 5.41) is 13.3. The minimum absolute atomic E-state index is 0. The second-order valence-electron chi connectivity index (χ2n) is 4.73. The van der Waals surface area contributed by atoms with Crippen molar-refractivity contribution in [3.8, 4) is 0 Å². The molecular weight excluding hydrogens is 234 g/mol. The Kier molecular flexibility index (Phi) is 6.56. The van der Waals surface area contributed by atoms with Crippen molar-refractivity contribution in [3.05, 3.63) is 35.9 Å². The number of rotatable bonds is 4. The number of nitrogens with one attached hydrogen (secondary N) is 1. The molecular formula is C14H22ClNO. The van der Waals surface area contributed by atoms with E-state index in [9.17, 15) is 5.11 Å². The minimum Gasteiger partial charge on any atom is -0.393 e. The van der Waals surface area contributed by atoms with Crippen molar-refractivity contribution in [1.29, 1.82) is 0 Å². The molecule has 2 unspecified atom stereocenters. The summed E-state index contributed by atoms with van der Waals surface area (Å²) in [6, 6.07) is 10.4. The van der Waals surface area contributed by atoms with Crippen LogP contribution in [0.25, 0.3) is 0 Å². The summed E-state index contributed by atoms with van der Waals surface area (Å²) < 4.78 is 0. The molecule has 0 amide bonds. The molecule has 3 heteroatoms. The van der Waals surface area contributed by atoms with Gasteiger partial charge in [-0.15, -0.1) is 12.4 Å². The molecule has 0 heterocycles. The van der Waals surface area contributed by atoms with Gasteiger partial charge in [0.15, 0.2) is 0 Å². The maximum absolute atomic E-state index is 9.83. The number of benzene rings is 1. The van der Waals surface area contributed by atoms with Crippen molar-refractivity contribution in [3.63, 3.8) is 0 Å². The lowest BCUT2D eigenvalue weighted by molar-refractivity contribution is 0.0695. The average Bonchev–Trinajstić information content (AvgIpc) is 2.33. The van der Waals surface area contributed by atoms with Gasteiger partial charge in [-0.1, -0.05) is 43.2 Å². The van der Waals surface area contributed by atoms with Gasteiger partial charge < -0.3 is 10.4 Å². The summed E-state index contributed by atoms with van der Waals surface area (Å²) >= 11 is 0. The van der Waals surface area contributed by atoms with Crippen LogP contribution >= 0.6 is 12.4 Å². The summed E-state index contributed by atoms with van der Waals surface area (Å²) in [7, 11) is 0. The van der Waals surface area contributed by atoms with Crippen molar-refractivity contribution in [2.75, 3.05) is 6.54 Å². The van der Waals surface area contributed by atoms with Gasteiger partial charge in [0.05, 0.1) is 6.10 Å². The molecule has 1 saturated carbocycles. The first-order valence-electron chi connectivity index (χ1n) is 6.29. The van der Waals surface area contributed by atoms with Gasteiger partial charge in [0, 0.05) is 13.1 Å². The fourth-order valence-corrected chi connectivity index (χ4v) is 2.42. The van der Waals surface area contributed by atoms with Crippen molar-refractivity contribution in [2.24, 2.45) is 5.92 Å². The molecule has 96 valence electrons. The van der Waals surface area contributed by atoms with E-state index in [0.717, 1.165) is 19.5 Å². The SMILES string of the molecule is Cl.OC1CCCCC1CNCc1ccccc1. The zero-order valence-electron chi connectivity index (χ0n) is 10.1. The molecule has 0 spiro atoms. The van der Waals surface area contributed by atoms with Crippen LogP contribution in [0.1, 0.15) is 31.2 Å². The van der Waals surface area contributed by atoms with Gasteiger partial charge in [0.25, 0.3) is 0 Å². The molecule has 2 N–H and O–H groups in total. The summed E-state index contributed by atoms with van der Waals surface area (Å²) in [4.78, 5) is 0. The number of halogens is 1. The van der Waals surface area contributed by atoms with E-state index in [-0.39, 0.29) is 18.5 Å². The maximum Gasteiger partial charge on any atom is 0.0580 e. The van der Waals surface area contributed by atoms with E-state index in [0.29, 0.717) is 5.92 Å². The number of hydrogen-bond acceptors (Lipinski definition) is 2. The van der Waals surface area contributed by atoms with Crippen molar-refractivity contribution in [1.82, 2.24) is 5.32 Å². The van der Waals surface area contributed by atoms with E-state index in [1.54, 1.807) is 0 Å². The van der Waals surface area contributed by atoms with Gasteiger partial charge in [-0.05, 0) is 24.3 Å². The third-order valence-corrected chi connectivity index (χ3v) is 3.45. The van der Waals surface area contributed by atoms with E-state index in [4.69, 9.17) is 0 Å². The molecule has 1 aromatic rings. The summed E-state index contributed by atoms with van der Waals surface area (Å²) in [6.45, 7) is 1.85. The van der Waals surface area contributed by atoms with E-state index in [1.165, 1.54) is 24.8 Å². The zero-order valence-corrected chi connectivity index (χ0v) is 11.0. The third-order valence-electron chi connectivity index (χ3n) is 3.45. The normalized spacial score (nSPS) is 24.1. The Morgan fingerprint density at radius 3 is 2.53 bits per heavy atom. The Balaban J connectivity index is 0.00000144. The summed E-state index contributed by atoms with van der Waals surface area (Å²) in [5.74, 6) is 0.456. The minimum atomic E-state index is -0.0861. The molecule has 0 radical (unpaired) electrons. The largest absolute Gasteiger partial charge is 0.393 e. The van der Waals surface area contributed by atoms with E-state index < -0.39 is 0 Å². The highest BCUT2D eigenvalue weighted by Crippen LogP contribution is 2.23. The van der Waals surface area contributed by atoms with Crippen LogP contribution in [0.2, 0.25) is 0 Å². The van der Waals surface area contributed by atoms with Crippen LogP contribution < -0.4 is 5.32 Å². The molecule has 1 aromatic carbocycles. The quantitative estimate of drug-likeness (QED) is 0.867. The molecule has 0 saturated heterocycles. The van der Waals surface area contributed by atoms with Crippen LogP contribution in [0, 0.1) is 5.92 Å². The van der Waals surface area contributed by atoms with Crippen molar-refractivity contribution >= 4 is 12.4 Å². The molecule has 2 nitrogen and oxygen atoms in total. The Morgan fingerprint density at radius 2 is 1.82 bits per heavy atom. The Hall–Kier alpha value is -0.570. The van der Waals surface area contributed by atoms with Crippen LogP contribution in [0.3, 0.4) is 0 Å². The number of aliphatic hydroxyl groups excluding tert-OH is 1. The van der Waals surface area contributed by atoms with Crippen LogP contribution in [0.15, 0.2) is 30.3 Å². The molecule has 0 bridgehead atoms. The van der Waals surface area contributed by atoms with Gasteiger partial charge >= 0.3 is 0 Å². The Bertz CT molecular complexity index is 304. The number of hydrogen-bond donors (Lipinski definition) is 2. The smallest absolute Gasteiger partial charge is 0.0580 e. The Morgan fingerprint density at radius 1 is 1.12 bits per heavy atom.